The zero-order valence-corrected chi connectivity index (χ0v) is 9.69. The number of aliphatic hydroxyl groups is 1. The van der Waals surface area contributed by atoms with Gasteiger partial charge in [-0.05, 0) is 33.1 Å². The van der Waals surface area contributed by atoms with Crippen LogP contribution in [0.2, 0.25) is 0 Å². The van der Waals surface area contributed by atoms with Crippen LogP contribution >= 0.6 is 0 Å². The van der Waals surface area contributed by atoms with Gasteiger partial charge in [-0.3, -0.25) is 0 Å². The molecule has 0 amide bonds. The second-order valence-electron chi connectivity index (χ2n) is 4.40. The average Bonchev–Trinajstić information content (AvgIpc) is 2.16. The van der Waals surface area contributed by atoms with Gasteiger partial charge in [-0.2, -0.15) is 0 Å². The lowest BCUT2D eigenvalue weighted by Gasteiger charge is -2.32. The van der Waals surface area contributed by atoms with Crippen molar-refractivity contribution in [3.05, 3.63) is 0 Å². The molecule has 4 nitrogen and oxygen atoms in total. The van der Waals surface area contributed by atoms with Crippen LogP contribution in [0.3, 0.4) is 0 Å². The Kier molecular flexibility index (Phi) is 5.53. The number of ether oxygens (including phenoxy) is 2. The van der Waals surface area contributed by atoms with Crippen LogP contribution in [0.25, 0.3) is 0 Å². The number of hydrogen-bond acceptors (Lipinski definition) is 4. The van der Waals surface area contributed by atoms with Gasteiger partial charge in [0.05, 0.1) is 24.4 Å². The van der Waals surface area contributed by atoms with Crippen LogP contribution < -0.4 is 5.73 Å². The van der Waals surface area contributed by atoms with Gasteiger partial charge in [0.25, 0.3) is 0 Å². The van der Waals surface area contributed by atoms with Gasteiger partial charge >= 0.3 is 0 Å². The molecule has 1 heterocycles. The van der Waals surface area contributed by atoms with E-state index in [2.05, 4.69) is 13.8 Å². The maximum Gasteiger partial charge on any atom is 0.0684 e. The maximum absolute atomic E-state index is 9.26. The summed E-state index contributed by atoms with van der Waals surface area (Å²) in [5.41, 5.74) is 5.31. The minimum atomic E-state index is -0.431. The minimum absolute atomic E-state index is 0.272. The van der Waals surface area contributed by atoms with Crippen molar-refractivity contribution in [3.8, 4) is 0 Å². The van der Waals surface area contributed by atoms with Crippen LogP contribution in [0.4, 0.5) is 0 Å². The Hall–Kier alpha value is -0.160. The van der Waals surface area contributed by atoms with Crippen molar-refractivity contribution >= 4 is 0 Å². The normalized spacial score (nSPS) is 34.0. The predicted octanol–water partition coefficient (Wildman–Crippen LogP) is 0.669. The van der Waals surface area contributed by atoms with Gasteiger partial charge < -0.3 is 20.3 Å². The molecule has 0 aliphatic carbocycles. The third kappa shape index (κ3) is 4.93. The Bertz CT molecular complexity index is 167. The van der Waals surface area contributed by atoms with Gasteiger partial charge in [0.15, 0.2) is 0 Å². The number of aliphatic hydroxyl groups excluding tert-OH is 1. The monoisotopic (exact) mass is 217 g/mol. The van der Waals surface area contributed by atoms with Gasteiger partial charge in [-0.1, -0.05) is 0 Å². The molecule has 0 aromatic rings. The van der Waals surface area contributed by atoms with Gasteiger partial charge in [-0.25, -0.2) is 0 Å². The predicted molar refractivity (Wildman–Crippen MR) is 58.7 cm³/mol. The van der Waals surface area contributed by atoms with Crippen LogP contribution in [0.5, 0.6) is 0 Å². The van der Waals surface area contributed by atoms with E-state index < -0.39 is 6.10 Å². The Balaban J connectivity index is 2.15. The summed E-state index contributed by atoms with van der Waals surface area (Å²) < 4.78 is 11.3. The van der Waals surface area contributed by atoms with Crippen LogP contribution in [0.15, 0.2) is 0 Å². The topological polar surface area (TPSA) is 64.7 Å². The van der Waals surface area contributed by atoms with Crippen LogP contribution in [0, 0.1) is 0 Å². The average molecular weight is 217 g/mol. The number of hydrogen-bond donors (Lipinski definition) is 2. The zero-order valence-electron chi connectivity index (χ0n) is 9.69. The lowest BCUT2D eigenvalue weighted by Crippen LogP contribution is -2.34. The molecule has 0 aromatic heterocycles. The van der Waals surface area contributed by atoms with Crippen molar-refractivity contribution in [1.82, 2.24) is 0 Å². The quantitative estimate of drug-likeness (QED) is 0.710. The Morgan fingerprint density at radius 3 is 2.53 bits per heavy atom. The standard InChI is InChI=1S/C11H23NO3/c1-8-5-11(6-9(2)15-8)14-4-3-10(13)7-12/h8-11,13H,3-7,12H2,1-2H3. The van der Waals surface area contributed by atoms with Crippen molar-refractivity contribution in [2.24, 2.45) is 5.73 Å². The second-order valence-corrected chi connectivity index (χ2v) is 4.40. The smallest absolute Gasteiger partial charge is 0.0684 e. The van der Waals surface area contributed by atoms with E-state index in [0.717, 1.165) is 12.8 Å². The Morgan fingerprint density at radius 1 is 1.40 bits per heavy atom. The van der Waals surface area contributed by atoms with E-state index in [-0.39, 0.29) is 18.3 Å². The first-order chi connectivity index (χ1) is 7.11. The largest absolute Gasteiger partial charge is 0.392 e. The number of nitrogens with two attached hydrogens (primary N) is 1. The molecule has 4 heteroatoms. The first-order valence-electron chi connectivity index (χ1n) is 5.77. The summed E-state index contributed by atoms with van der Waals surface area (Å²) in [7, 11) is 0. The fourth-order valence-electron chi connectivity index (χ4n) is 1.97. The van der Waals surface area contributed by atoms with Crippen molar-refractivity contribution in [2.45, 2.75) is 57.5 Å². The van der Waals surface area contributed by atoms with E-state index in [0.29, 0.717) is 19.6 Å². The van der Waals surface area contributed by atoms with Gasteiger partial charge in [-0.15, -0.1) is 0 Å². The molecule has 1 saturated heterocycles. The summed E-state index contributed by atoms with van der Waals surface area (Å²) in [6.45, 7) is 5.04. The highest BCUT2D eigenvalue weighted by molar-refractivity contribution is 4.73. The summed E-state index contributed by atoms with van der Waals surface area (Å²) in [4.78, 5) is 0. The van der Waals surface area contributed by atoms with E-state index in [9.17, 15) is 5.11 Å². The van der Waals surface area contributed by atoms with Crippen LogP contribution in [-0.2, 0) is 9.47 Å². The van der Waals surface area contributed by atoms with Crippen molar-refractivity contribution in [2.75, 3.05) is 13.2 Å². The third-order valence-corrected chi connectivity index (χ3v) is 2.73. The molecule has 1 rings (SSSR count). The highest BCUT2D eigenvalue weighted by atomic mass is 16.5. The maximum atomic E-state index is 9.26. The summed E-state index contributed by atoms with van der Waals surface area (Å²) in [5, 5.41) is 9.26. The van der Waals surface area contributed by atoms with Gasteiger partial charge in [0, 0.05) is 13.2 Å². The SMILES string of the molecule is CC1CC(OCCC(O)CN)CC(C)O1. The van der Waals surface area contributed by atoms with Crippen LogP contribution in [-0.4, -0.2) is 42.7 Å². The molecule has 3 unspecified atom stereocenters. The van der Waals surface area contributed by atoms with Gasteiger partial charge in [0.1, 0.15) is 0 Å². The fraction of sp³-hybridized carbons (Fsp3) is 1.00. The molecule has 0 aromatic carbocycles. The molecule has 0 bridgehead atoms. The minimum Gasteiger partial charge on any atom is -0.392 e. The van der Waals surface area contributed by atoms with E-state index in [1.807, 2.05) is 0 Å². The molecule has 3 N–H and O–H groups in total. The van der Waals surface area contributed by atoms with E-state index in [4.69, 9.17) is 15.2 Å². The molecule has 1 fully saturated rings. The van der Waals surface area contributed by atoms with Crippen molar-refractivity contribution in [3.63, 3.8) is 0 Å². The molecule has 0 radical (unpaired) electrons. The van der Waals surface area contributed by atoms with Crippen molar-refractivity contribution in [1.29, 1.82) is 0 Å². The third-order valence-electron chi connectivity index (χ3n) is 2.73. The first kappa shape index (κ1) is 12.9. The molecule has 3 atom stereocenters. The molecule has 0 saturated carbocycles. The highest BCUT2D eigenvalue weighted by Gasteiger charge is 2.24. The lowest BCUT2D eigenvalue weighted by atomic mass is 10.0. The molecular weight excluding hydrogens is 194 g/mol. The zero-order chi connectivity index (χ0) is 11.3. The summed E-state index contributed by atoms with van der Waals surface area (Å²) in [6.07, 6.45) is 2.91. The fourth-order valence-corrected chi connectivity index (χ4v) is 1.97. The lowest BCUT2D eigenvalue weighted by molar-refractivity contribution is -0.104. The highest BCUT2D eigenvalue weighted by Crippen LogP contribution is 2.21. The molecule has 90 valence electrons. The molecular formula is C11H23NO3. The van der Waals surface area contributed by atoms with E-state index in [1.54, 1.807) is 0 Å². The Morgan fingerprint density at radius 2 is 2.00 bits per heavy atom. The Labute approximate surface area is 91.7 Å². The van der Waals surface area contributed by atoms with Crippen molar-refractivity contribution < 1.29 is 14.6 Å². The number of rotatable bonds is 5. The summed E-state index contributed by atoms with van der Waals surface area (Å²) in [6, 6.07) is 0. The van der Waals surface area contributed by atoms with Gasteiger partial charge in [0.2, 0.25) is 0 Å². The van der Waals surface area contributed by atoms with E-state index >= 15 is 0 Å². The molecule has 0 spiro atoms. The summed E-state index contributed by atoms with van der Waals surface area (Å²) in [5.74, 6) is 0. The first-order valence-corrected chi connectivity index (χ1v) is 5.77. The molecule has 1 aliphatic heterocycles. The molecule has 15 heavy (non-hydrogen) atoms. The summed E-state index contributed by atoms with van der Waals surface area (Å²) >= 11 is 0. The second kappa shape index (κ2) is 6.43. The van der Waals surface area contributed by atoms with E-state index in [1.165, 1.54) is 0 Å². The molecule has 1 aliphatic rings. The van der Waals surface area contributed by atoms with Crippen LogP contribution in [0.1, 0.15) is 33.1 Å².